The molecular weight excluding hydrogens is 229 g/mol. The van der Waals surface area contributed by atoms with Crippen molar-refractivity contribution >= 4 is 13.4 Å². The molecule has 1 fully saturated rings. The van der Waals surface area contributed by atoms with Gasteiger partial charge in [0.25, 0.3) is 13.4 Å². The molecule has 5 heteroatoms. The van der Waals surface area contributed by atoms with Gasteiger partial charge in [0.2, 0.25) is 0 Å². The van der Waals surface area contributed by atoms with E-state index in [0.29, 0.717) is 30.4 Å². The first kappa shape index (κ1) is 11.6. The fraction of sp³-hybridized carbons (Fsp3) is 0.462. The first-order valence-corrected chi connectivity index (χ1v) is 6.22. The third-order valence-electron chi connectivity index (χ3n) is 3.60. The van der Waals surface area contributed by atoms with Crippen LogP contribution in [-0.2, 0) is 11.1 Å². The molecule has 0 aliphatic carbocycles. The van der Waals surface area contributed by atoms with Gasteiger partial charge in [-0.2, -0.15) is 0 Å². The summed E-state index contributed by atoms with van der Waals surface area (Å²) in [6, 6.07) is 4.10. The average molecular weight is 244 g/mol. The lowest BCUT2D eigenvalue weighted by atomic mass is 9.83. The molecule has 1 atom stereocenters. The summed E-state index contributed by atoms with van der Waals surface area (Å²) >= 11 is 0. The Kier molecular flexibility index (Phi) is 3.00. The number of ether oxygens (including phenoxy) is 1. The van der Waals surface area contributed by atoms with E-state index in [0.717, 1.165) is 18.3 Å². The van der Waals surface area contributed by atoms with Crippen LogP contribution in [0.2, 0.25) is 6.32 Å². The quantitative estimate of drug-likeness (QED) is 0.793. The number of carbonyl (C=O) groups excluding carboxylic acids is 1. The van der Waals surface area contributed by atoms with Crippen molar-refractivity contribution in [2.45, 2.75) is 18.7 Å². The zero-order valence-corrected chi connectivity index (χ0v) is 10.4. The minimum atomic E-state index is -0.0334. The Bertz CT molecular complexity index is 466. The number of methoxy groups -OCH3 is 1. The van der Waals surface area contributed by atoms with Gasteiger partial charge >= 0.3 is 0 Å². The largest absolute Gasteiger partial charge is 0.496 e. The number of nitrogens with one attached hydrogen (secondary N) is 1. The molecule has 0 spiro atoms. The molecule has 93 valence electrons. The Balaban J connectivity index is 2.05. The van der Waals surface area contributed by atoms with Crippen LogP contribution in [0.15, 0.2) is 12.1 Å². The molecule has 1 amide bonds. The van der Waals surface area contributed by atoms with Crippen LogP contribution in [0.1, 0.15) is 27.4 Å². The molecule has 1 aromatic carbocycles. The summed E-state index contributed by atoms with van der Waals surface area (Å²) in [7, 11) is 3.46. The molecule has 1 saturated heterocycles. The van der Waals surface area contributed by atoms with Gasteiger partial charge < -0.3 is 14.7 Å². The second kappa shape index (κ2) is 4.65. The third-order valence-corrected chi connectivity index (χ3v) is 3.60. The van der Waals surface area contributed by atoms with Gasteiger partial charge in [-0.1, -0.05) is 6.07 Å². The van der Waals surface area contributed by atoms with Crippen LogP contribution in [0.5, 0.6) is 5.75 Å². The number of benzene rings is 1. The summed E-state index contributed by atoms with van der Waals surface area (Å²) in [6.45, 7) is 1.42. The molecule has 2 aliphatic rings. The van der Waals surface area contributed by atoms with E-state index in [4.69, 9.17) is 9.39 Å². The number of fused-ring (bicyclic) bond motifs is 1. The van der Waals surface area contributed by atoms with Gasteiger partial charge in [-0.05, 0) is 29.9 Å². The number of carbonyl (C=O) groups is 1. The van der Waals surface area contributed by atoms with Crippen molar-refractivity contribution in [1.82, 2.24) is 5.32 Å². The van der Waals surface area contributed by atoms with E-state index >= 15 is 0 Å². The standard InChI is InChI=1S/C13H15BNO3/c1-17-11-5-9(10-6-14-18-7-10)4-8-2-3-15-13(16)12(8)11/h4-5,10H,2-3,6-7H2,1H3,(H,15,16). The van der Waals surface area contributed by atoms with Gasteiger partial charge in [-0.3, -0.25) is 4.79 Å². The summed E-state index contributed by atoms with van der Waals surface area (Å²) in [5.74, 6) is 1.02. The lowest BCUT2D eigenvalue weighted by molar-refractivity contribution is 0.0942. The van der Waals surface area contributed by atoms with Crippen LogP contribution >= 0.6 is 0 Å². The molecule has 2 heterocycles. The van der Waals surface area contributed by atoms with Gasteiger partial charge in [0.05, 0.1) is 12.7 Å². The smallest absolute Gasteiger partial charge is 0.293 e. The molecular formula is C13H15BNO3. The normalized spacial score (nSPS) is 22.1. The highest BCUT2D eigenvalue weighted by Gasteiger charge is 2.26. The van der Waals surface area contributed by atoms with Crippen LogP contribution in [0.25, 0.3) is 0 Å². The lowest BCUT2D eigenvalue weighted by Gasteiger charge is -2.21. The predicted octanol–water partition coefficient (Wildman–Crippen LogP) is 1.13. The molecule has 1 unspecified atom stereocenters. The Morgan fingerprint density at radius 1 is 1.50 bits per heavy atom. The highest BCUT2D eigenvalue weighted by atomic mass is 16.5. The molecule has 2 aliphatic heterocycles. The minimum absolute atomic E-state index is 0.0334. The number of rotatable bonds is 2. The van der Waals surface area contributed by atoms with Crippen LogP contribution in [0.4, 0.5) is 0 Å². The summed E-state index contributed by atoms with van der Waals surface area (Å²) in [5.41, 5.74) is 2.98. The van der Waals surface area contributed by atoms with Gasteiger partial charge in [0, 0.05) is 19.1 Å². The molecule has 1 N–H and O–H groups in total. The van der Waals surface area contributed by atoms with Crippen LogP contribution in [0, 0.1) is 0 Å². The number of hydrogen-bond acceptors (Lipinski definition) is 3. The van der Waals surface area contributed by atoms with Crippen molar-refractivity contribution in [1.29, 1.82) is 0 Å². The topological polar surface area (TPSA) is 47.6 Å². The molecule has 1 aromatic rings. The van der Waals surface area contributed by atoms with E-state index in [1.165, 1.54) is 5.56 Å². The SMILES string of the molecule is COc1cc(C2C[B]OC2)cc2c1C(=O)NCC2. The number of amides is 1. The summed E-state index contributed by atoms with van der Waals surface area (Å²) in [4.78, 5) is 11.9. The molecule has 4 nitrogen and oxygen atoms in total. The van der Waals surface area contributed by atoms with Gasteiger partial charge in [-0.25, -0.2) is 0 Å². The maximum atomic E-state index is 11.9. The predicted molar refractivity (Wildman–Crippen MR) is 68.3 cm³/mol. The van der Waals surface area contributed by atoms with Crippen molar-refractivity contribution in [3.8, 4) is 5.75 Å². The van der Waals surface area contributed by atoms with E-state index in [1.807, 2.05) is 13.5 Å². The van der Waals surface area contributed by atoms with Gasteiger partial charge in [0.1, 0.15) is 5.75 Å². The molecule has 3 rings (SSSR count). The van der Waals surface area contributed by atoms with E-state index in [9.17, 15) is 4.79 Å². The fourth-order valence-electron chi connectivity index (χ4n) is 2.62. The zero-order valence-electron chi connectivity index (χ0n) is 10.4. The van der Waals surface area contributed by atoms with Crippen LogP contribution in [0.3, 0.4) is 0 Å². The molecule has 0 aromatic heterocycles. The second-order valence-electron chi connectivity index (χ2n) is 4.70. The van der Waals surface area contributed by atoms with Crippen LogP contribution in [-0.4, -0.2) is 33.7 Å². The second-order valence-corrected chi connectivity index (χ2v) is 4.70. The summed E-state index contributed by atoms with van der Waals surface area (Å²) in [5, 5.41) is 2.85. The Hall–Kier alpha value is -1.49. The van der Waals surface area contributed by atoms with Crippen molar-refractivity contribution in [3.63, 3.8) is 0 Å². The first-order valence-electron chi connectivity index (χ1n) is 6.22. The van der Waals surface area contributed by atoms with E-state index in [1.54, 1.807) is 7.11 Å². The minimum Gasteiger partial charge on any atom is -0.496 e. The van der Waals surface area contributed by atoms with Crippen molar-refractivity contribution in [2.75, 3.05) is 20.3 Å². The van der Waals surface area contributed by atoms with Crippen molar-refractivity contribution in [3.05, 3.63) is 28.8 Å². The molecule has 0 bridgehead atoms. The van der Waals surface area contributed by atoms with Crippen molar-refractivity contribution in [2.24, 2.45) is 0 Å². The van der Waals surface area contributed by atoms with E-state index in [-0.39, 0.29) is 5.91 Å². The first-order chi connectivity index (χ1) is 8.79. The monoisotopic (exact) mass is 244 g/mol. The molecule has 0 saturated carbocycles. The van der Waals surface area contributed by atoms with Crippen LogP contribution < -0.4 is 10.1 Å². The Labute approximate surface area is 107 Å². The molecule has 18 heavy (non-hydrogen) atoms. The Morgan fingerprint density at radius 3 is 3.11 bits per heavy atom. The fourth-order valence-corrected chi connectivity index (χ4v) is 2.62. The zero-order chi connectivity index (χ0) is 12.5. The highest BCUT2D eigenvalue weighted by Crippen LogP contribution is 2.33. The molecule has 1 radical (unpaired) electrons. The maximum absolute atomic E-state index is 11.9. The highest BCUT2D eigenvalue weighted by molar-refractivity contribution is 6.28. The summed E-state index contributed by atoms with van der Waals surface area (Å²) < 4.78 is 10.7. The van der Waals surface area contributed by atoms with Gasteiger partial charge in [0.15, 0.2) is 0 Å². The lowest BCUT2D eigenvalue weighted by Crippen LogP contribution is -2.32. The van der Waals surface area contributed by atoms with Gasteiger partial charge in [-0.15, -0.1) is 0 Å². The number of hydrogen-bond donors (Lipinski definition) is 1. The van der Waals surface area contributed by atoms with E-state index in [2.05, 4.69) is 11.4 Å². The third kappa shape index (κ3) is 1.88. The Morgan fingerprint density at radius 2 is 2.39 bits per heavy atom. The maximum Gasteiger partial charge on any atom is 0.293 e. The van der Waals surface area contributed by atoms with Crippen molar-refractivity contribution < 1.29 is 14.2 Å². The van der Waals surface area contributed by atoms with E-state index < -0.39 is 0 Å². The average Bonchev–Trinajstić information content (AvgIpc) is 2.91. The summed E-state index contributed by atoms with van der Waals surface area (Å²) in [6.07, 6.45) is 1.79.